The standard InChI is InChI=1S/C16H12Cl2N2O2S/c17-8-4-5-10(18)11(6-8)22-7-13-19-15(21)14-9-2-1-3-12(9)23-16(14)20-13/h4-6H,1-3,7H2,(H,19,20,21). The lowest BCUT2D eigenvalue weighted by Crippen LogP contribution is -2.13. The van der Waals surface area contributed by atoms with E-state index in [9.17, 15) is 4.79 Å². The number of rotatable bonds is 3. The molecule has 0 unspecified atom stereocenters. The van der Waals surface area contributed by atoms with Crippen LogP contribution in [0.2, 0.25) is 10.0 Å². The Kier molecular flexibility index (Phi) is 3.79. The van der Waals surface area contributed by atoms with Crippen LogP contribution in [0, 0.1) is 0 Å². The molecule has 7 heteroatoms. The van der Waals surface area contributed by atoms with Crippen LogP contribution in [-0.4, -0.2) is 9.97 Å². The minimum absolute atomic E-state index is 0.0924. The smallest absolute Gasteiger partial charge is 0.260 e. The maximum atomic E-state index is 12.4. The Bertz CT molecular complexity index is 965. The summed E-state index contributed by atoms with van der Waals surface area (Å²) >= 11 is 13.6. The van der Waals surface area contributed by atoms with Crippen molar-refractivity contribution in [2.24, 2.45) is 0 Å². The molecule has 3 aromatic rings. The van der Waals surface area contributed by atoms with Crippen LogP contribution < -0.4 is 10.3 Å². The maximum absolute atomic E-state index is 12.4. The van der Waals surface area contributed by atoms with Crippen LogP contribution in [0.5, 0.6) is 5.75 Å². The SMILES string of the molecule is O=c1[nH]c(COc2cc(Cl)ccc2Cl)nc2sc3c(c12)CCC3. The number of H-pyrrole nitrogens is 1. The Morgan fingerprint density at radius 2 is 2.17 bits per heavy atom. The van der Waals surface area contributed by atoms with E-state index in [0.29, 0.717) is 21.6 Å². The molecular weight excluding hydrogens is 355 g/mol. The average Bonchev–Trinajstić information content (AvgIpc) is 3.08. The topological polar surface area (TPSA) is 55.0 Å². The van der Waals surface area contributed by atoms with Gasteiger partial charge in [0, 0.05) is 16.0 Å². The zero-order valence-corrected chi connectivity index (χ0v) is 14.3. The molecule has 118 valence electrons. The number of aromatic amines is 1. The molecule has 0 saturated heterocycles. The van der Waals surface area contributed by atoms with Gasteiger partial charge in [-0.15, -0.1) is 11.3 Å². The second kappa shape index (κ2) is 5.82. The van der Waals surface area contributed by atoms with Crippen molar-refractivity contribution in [1.29, 1.82) is 0 Å². The van der Waals surface area contributed by atoms with Crippen molar-refractivity contribution in [2.45, 2.75) is 25.9 Å². The van der Waals surface area contributed by atoms with Crippen LogP contribution in [-0.2, 0) is 19.4 Å². The van der Waals surface area contributed by atoms with Gasteiger partial charge in [0.25, 0.3) is 5.56 Å². The van der Waals surface area contributed by atoms with Gasteiger partial charge < -0.3 is 9.72 Å². The Hall–Kier alpha value is -1.56. The van der Waals surface area contributed by atoms with E-state index in [2.05, 4.69) is 9.97 Å². The van der Waals surface area contributed by atoms with Crippen LogP contribution in [0.15, 0.2) is 23.0 Å². The molecule has 2 heterocycles. The maximum Gasteiger partial charge on any atom is 0.260 e. The minimum atomic E-state index is -0.0924. The molecule has 0 spiro atoms. The fourth-order valence-electron chi connectivity index (χ4n) is 2.85. The van der Waals surface area contributed by atoms with Gasteiger partial charge in [-0.1, -0.05) is 23.2 Å². The van der Waals surface area contributed by atoms with Crippen LogP contribution in [0.4, 0.5) is 0 Å². The van der Waals surface area contributed by atoms with Gasteiger partial charge in [-0.05, 0) is 37.0 Å². The first kappa shape index (κ1) is 15.0. The summed E-state index contributed by atoms with van der Waals surface area (Å²) in [4.78, 5) is 21.8. The summed E-state index contributed by atoms with van der Waals surface area (Å²) in [5, 5.41) is 1.75. The van der Waals surface area contributed by atoms with E-state index in [-0.39, 0.29) is 12.2 Å². The first-order valence-electron chi connectivity index (χ1n) is 7.23. The van der Waals surface area contributed by atoms with Gasteiger partial charge in [0.15, 0.2) is 0 Å². The van der Waals surface area contributed by atoms with E-state index in [1.807, 2.05) is 0 Å². The third-order valence-electron chi connectivity index (χ3n) is 3.88. The predicted molar refractivity (Wildman–Crippen MR) is 93.1 cm³/mol. The highest BCUT2D eigenvalue weighted by molar-refractivity contribution is 7.18. The molecule has 4 nitrogen and oxygen atoms in total. The lowest BCUT2D eigenvalue weighted by molar-refractivity contribution is 0.296. The molecule has 23 heavy (non-hydrogen) atoms. The third kappa shape index (κ3) is 2.73. The number of ether oxygens (including phenoxy) is 1. The molecule has 1 aliphatic carbocycles. The van der Waals surface area contributed by atoms with Crippen LogP contribution >= 0.6 is 34.5 Å². The van der Waals surface area contributed by atoms with Crippen LogP contribution in [0.25, 0.3) is 10.2 Å². The molecule has 0 aliphatic heterocycles. The number of aromatic nitrogens is 2. The molecule has 4 rings (SSSR count). The largest absolute Gasteiger partial charge is 0.484 e. The predicted octanol–water partition coefficient (Wildman–Crippen LogP) is 4.36. The zero-order chi connectivity index (χ0) is 16.0. The van der Waals surface area contributed by atoms with Gasteiger partial charge in [0.1, 0.15) is 23.0 Å². The Morgan fingerprint density at radius 1 is 1.30 bits per heavy atom. The number of hydrogen-bond acceptors (Lipinski definition) is 4. The summed E-state index contributed by atoms with van der Waals surface area (Å²) < 4.78 is 5.64. The van der Waals surface area contributed by atoms with Gasteiger partial charge in [0.2, 0.25) is 0 Å². The third-order valence-corrected chi connectivity index (χ3v) is 5.61. The number of aryl methyl sites for hydroxylation is 2. The van der Waals surface area contributed by atoms with Crippen molar-refractivity contribution in [3.05, 3.63) is 54.9 Å². The molecule has 2 aromatic heterocycles. The molecule has 0 bridgehead atoms. The molecule has 1 aliphatic rings. The van der Waals surface area contributed by atoms with Crippen molar-refractivity contribution in [2.75, 3.05) is 0 Å². The van der Waals surface area contributed by atoms with Crippen molar-refractivity contribution < 1.29 is 4.74 Å². The van der Waals surface area contributed by atoms with E-state index < -0.39 is 0 Å². The molecule has 0 fully saturated rings. The lowest BCUT2D eigenvalue weighted by atomic mass is 10.2. The van der Waals surface area contributed by atoms with E-state index >= 15 is 0 Å². The summed E-state index contributed by atoms with van der Waals surface area (Å²) in [5.74, 6) is 0.953. The van der Waals surface area contributed by atoms with Gasteiger partial charge >= 0.3 is 0 Å². The van der Waals surface area contributed by atoms with Crippen molar-refractivity contribution in [3.63, 3.8) is 0 Å². The van der Waals surface area contributed by atoms with Crippen LogP contribution in [0.1, 0.15) is 22.7 Å². The summed E-state index contributed by atoms with van der Waals surface area (Å²) in [6.45, 7) is 0.133. The fourth-order valence-corrected chi connectivity index (χ4v) is 4.46. The summed E-state index contributed by atoms with van der Waals surface area (Å²) in [5.41, 5.74) is 1.08. The van der Waals surface area contributed by atoms with Crippen molar-refractivity contribution in [3.8, 4) is 5.75 Å². The molecule has 0 amide bonds. The zero-order valence-electron chi connectivity index (χ0n) is 12.0. The minimum Gasteiger partial charge on any atom is -0.484 e. The highest BCUT2D eigenvalue weighted by Gasteiger charge is 2.21. The second-order valence-corrected chi connectivity index (χ2v) is 7.34. The quantitative estimate of drug-likeness (QED) is 0.748. The van der Waals surface area contributed by atoms with E-state index in [0.717, 1.165) is 29.5 Å². The second-order valence-electron chi connectivity index (χ2n) is 5.41. The first-order valence-corrected chi connectivity index (χ1v) is 8.80. The molecule has 0 atom stereocenters. The number of nitrogens with one attached hydrogen (secondary N) is 1. The number of thiophene rings is 1. The van der Waals surface area contributed by atoms with Gasteiger partial charge in [-0.2, -0.15) is 0 Å². The Balaban J connectivity index is 1.65. The average molecular weight is 367 g/mol. The number of hydrogen-bond donors (Lipinski definition) is 1. The number of fused-ring (bicyclic) bond motifs is 3. The molecule has 0 saturated carbocycles. The monoisotopic (exact) mass is 366 g/mol. The van der Waals surface area contributed by atoms with E-state index in [1.54, 1.807) is 29.5 Å². The summed E-state index contributed by atoms with van der Waals surface area (Å²) in [7, 11) is 0. The number of benzene rings is 1. The van der Waals surface area contributed by atoms with Crippen LogP contribution in [0.3, 0.4) is 0 Å². The van der Waals surface area contributed by atoms with E-state index in [1.165, 1.54) is 10.4 Å². The van der Waals surface area contributed by atoms with Crippen molar-refractivity contribution >= 4 is 44.8 Å². The van der Waals surface area contributed by atoms with Gasteiger partial charge in [-0.25, -0.2) is 4.98 Å². The van der Waals surface area contributed by atoms with Gasteiger partial charge in [-0.3, -0.25) is 4.79 Å². The highest BCUT2D eigenvalue weighted by atomic mass is 35.5. The number of halogens is 2. The lowest BCUT2D eigenvalue weighted by Gasteiger charge is -2.08. The number of nitrogens with zero attached hydrogens (tertiary/aromatic N) is 1. The first-order chi connectivity index (χ1) is 11.1. The molecular formula is C16H12Cl2N2O2S. The normalized spacial score (nSPS) is 13.5. The van der Waals surface area contributed by atoms with E-state index in [4.69, 9.17) is 27.9 Å². The van der Waals surface area contributed by atoms with Gasteiger partial charge in [0.05, 0.1) is 10.4 Å². The molecule has 0 radical (unpaired) electrons. The summed E-state index contributed by atoms with van der Waals surface area (Å²) in [6, 6.07) is 5.00. The molecule has 1 N–H and O–H groups in total. The highest BCUT2D eigenvalue weighted by Crippen LogP contribution is 2.34. The molecule has 1 aromatic carbocycles. The fraction of sp³-hybridized carbons (Fsp3) is 0.250. The van der Waals surface area contributed by atoms with Crippen molar-refractivity contribution in [1.82, 2.24) is 9.97 Å². The summed E-state index contributed by atoms with van der Waals surface area (Å²) in [6.07, 6.45) is 3.13. The Morgan fingerprint density at radius 3 is 3.04 bits per heavy atom. The Labute approximate surface area is 146 Å².